The van der Waals surface area contributed by atoms with E-state index in [2.05, 4.69) is 30.8 Å². The Morgan fingerprint density at radius 1 is 1.02 bits per heavy atom. The number of benzene rings is 2. The molecular weight excluding hydrogens is 579 g/mol. The van der Waals surface area contributed by atoms with Crippen molar-refractivity contribution in [1.82, 2.24) is 24.8 Å². The third-order valence-corrected chi connectivity index (χ3v) is 8.43. The number of hydrogen-bond donors (Lipinski definition) is 3. The maximum Gasteiger partial charge on any atom is 0.406 e. The molecule has 0 spiro atoms. The standard InChI is InChI=1S/C31H33ClF3N7O/c1-41-14-2-3-27(41)25-16-20(32)4-9-24(25)26-15-19-17-37-30(40-28(19)42(29(26)43)18-31(33,34)35)39-22-7-5-21(6-8-22)38-23-10-12-36-13-11-23/h4-9,15-17,23,27,36,38H,2-3,10-14,18H2,1H3,(H,37,39,40). The monoisotopic (exact) mass is 611 g/mol. The van der Waals surface area contributed by atoms with Gasteiger partial charge in [-0.25, -0.2) is 4.98 Å². The molecule has 6 rings (SSSR count). The highest BCUT2D eigenvalue weighted by molar-refractivity contribution is 6.30. The number of halogens is 4. The first kappa shape index (κ1) is 29.4. The lowest BCUT2D eigenvalue weighted by Crippen LogP contribution is -2.35. The predicted octanol–water partition coefficient (Wildman–Crippen LogP) is 6.35. The smallest absolute Gasteiger partial charge is 0.382 e. The summed E-state index contributed by atoms with van der Waals surface area (Å²) >= 11 is 6.34. The van der Waals surface area contributed by atoms with Gasteiger partial charge in [0.1, 0.15) is 12.2 Å². The van der Waals surface area contributed by atoms with Crippen LogP contribution < -0.4 is 21.5 Å². The molecule has 0 saturated carbocycles. The number of fused-ring (bicyclic) bond motifs is 1. The first-order chi connectivity index (χ1) is 20.6. The minimum Gasteiger partial charge on any atom is -0.382 e. The molecule has 4 aromatic rings. The summed E-state index contributed by atoms with van der Waals surface area (Å²) in [7, 11) is 1.99. The molecule has 8 nitrogen and oxygen atoms in total. The van der Waals surface area contributed by atoms with Crippen molar-refractivity contribution in [3.05, 3.63) is 75.7 Å². The molecule has 43 heavy (non-hydrogen) atoms. The number of rotatable bonds is 7. The molecule has 0 aliphatic carbocycles. The first-order valence-corrected chi connectivity index (χ1v) is 14.8. The van der Waals surface area contributed by atoms with Crippen LogP contribution in [0.4, 0.5) is 30.5 Å². The predicted molar refractivity (Wildman–Crippen MR) is 164 cm³/mol. The van der Waals surface area contributed by atoms with Gasteiger partial charge in [-0.2, -0.15) is 18.2 Å². The molecule has 1 unspecified atom stereocenters. The maximum atomic E-state index is 13.8. The van der Waals surface area contributed by atoms with Crippen LogP contribution in [0.5, 0.6) is 0 Å². The fourth-order valence-electron chi connectivity index (χ4n) is 6.08. The zero-order chi connectivity index (χ0) is 30.1. The van der Waals surface area contributed by atoms with Crippen molar-refractivity contribution in [3.63, 3.8) is 0 Å². The van der Waals surface area contributed by atoms with E-state index in [0.717, 1.165) is 56.6 Å². The van der Waals surface area contributed by atoms with Gasteiger partial charge in [-0.1, -0.05) is 17.7 Å². The van der Waals surface area contributed by atoms with E-state index in [1.807, 2.05) is 31.3 Å². The molecular formula is C31H33ClF3N7O. The Morgan fingerprint density at radius 2 is 1.77 bits per heavy atom. The van der Waals surface area contributed by atoms with Crippen LogP contribution in [0.15, 0.2) is 59.5 Å². The largest absolute Gasteiger partial charge is 0.406 e. The van der Waals surface area contributed by atoms with Gasteiger partial charge in [-0.3, -0.25) is 14.3 Å². The highest BCUT2D eigenvalue weighted by Gasteiger charge is 2.32. The lowest BCUT2D eigenvalue weighted by atomic mass is 9.94. The molecule has 2 fully saturated rings. The van der Waals surface area contributed by atoms with Crippen LogP contribution >= 0.6 is 11.6 Å². The molecule has 1 atom stereocenters. The van der Waals surface area contributed by atoms with Gasteiger partial charge < -0.3 is 16.0 Å². The van der Waals surface area contributed by atoms with Gasteiger partial charge in [-0.15, -0.1) is 0 Å². The second-order valence-corrected chi connectivity index (χ2v) is 11.7. The Labute approximate surface area is 252 Å². The summed E-state index contributed by atoms with van der Waals surface area (Å²) < 4.78 is 42.1. The van der Waals surface area contributed by atoms with Gasteiger partial charge in [0.15, 0.2) is 0 Å². The van der Waals surface area contributed by atoms with E-state index in [0.29, 0.717) is 32.3 Å². The van der Waals surface area contributed by atoms with E-state index in [-0.39, 0.29) is 23.2 Å². The number of piperidine rings is 1. The van der Waals surface area contributed by atoms with Gasteiger partial charge in [-0.05, 0) is 106 Å². The fourth-order valence-corrected chi connectivity index (χ4v) is 6.26. The molecule has 12 heteroatoms. The van der Waals surface area contributed by atoms with Gasteiger partial charge in [0.05, 0.1) is 0 Å². The van der Waals surface area contributed by atoms with Crippen LogP contribution in [-0.2, 0) is 6.54 Å². The Morgan fingerprint density at radius 3 is 2.47 bits per heavy atom. The molecule has 0 bridgehead atoms. The zero-order valence-electron chi connectivity index (χ0n) is 23.7. The van der Waals surface area contributed by atoms with Crippen molar-refractivity contribution in [2.75, 3.05) is 37.3 Å². The lowest BCUT2D eigenvalue weighted by molar-refractivity contribution is -0.140. The van der Waals surface area contributed by atoms with E-state index in [1.54, 1.807) is 24.3 Å². The molecule has 0 radical (unpaired) electrons. The van der Waals surface area contributed by atoms with Crippen LogP contribution in [0, 0.1) is 0 Å². The Balaban J connectivity index is 1.35. The van der Waals surface area contributed by atoms with E-state index < -0.39 is 18.3 Å². The van der Waals surface area contributed by atoms with Gasteiger partial charge in [0.25, 0.3) is 5.56 Å². The number of nitrogens with one attached hydrogen (secondary N) is 3. The van der Waals surface area contributed by atoms with Crippen LogP contribution in [-0.4, -0.2) is 58.3 Å². The van der Waals surface area contributed by atoms with Crippen LogP contribution in [0.25, 0.3) is 22.2 Å². The Kier molecular flexibility index (Phi) is 8.30. The Hall–Kier alpha value is -3.67. The third kappa shape index (κ3) is 6.63. The van der Waals surface area contributed by atoms with E-state index in [9.17, 15) is 18.0 Å². The summed E-state index contributed by atoms with van der Waals surface area (Å²) in [5.74, 6) is 0.0920. The van der Waals surface area contributed by atoms with Crippen LogP contribution in [0.3, 0.4) is 0 Å². The summed E-state index contributed by atoms with van der Waals surface area (Å²) in [6, 6.07) is 14.7. The first-order valence-electron chi connectivity index (χ1n) is 14.5. The number of pyridine rings is 1. The average molecular weight is 612 g/mol. The SMILES string of the molecule is CN1CCCC1c1cc(Cl)ccc1-c1cc2cnc(Nc3ccc(NC4CCNCC4)cc3)nc2n(CC(F)(F)F)c1=O. The van der Waals surface area contributed by atoms with Gasteiger partial charge >= 0.3 is 6.18 Å². The number of likely N-dealkylation sites (tertiary alicyclic amines) is 1. The third-order valence-electron chi connectivity index (χ3n) is 8.20. The summed E-state index contributed by atoms with van der Waals surface area (Å²) in [6.07, 6.45) is 0.739. The van der Waals surface area contributed by atoms with Crippen molar-refractivity contribution < 1.29 is 13.2 Å². The molecule has 2 aromatic carbocycles. The second kappa shape index (κ2) is 12.1. The number of anilines is 3. The Bertz CT molecular complexity index is 1670. The topological polar surface area (TPSA) is 87.1 Å². The molecule has 3 N–H and O–H groups in total. The van der Waals surface area contributed by atoms with Gasteiger partial charge in [0.2, 0.25) is 5.95 Å². The van der Waals surface area contributed by atoms with Crippen molar-refractivity contribution >= 4 is 40.0 Å². The second-order valence-electron chi connectivity index (χ2n) is 11.3. The molecule has 2 aliphatic rings. The quantitative estimate of drug-likeness (QED) is 0.225. The van der Waals surface area contributed by atoms with E-state index >= 15 is 0 Å². The van der Waals surface area contributed by atoms with Crippen molar-refractivity contribution in [3.8, 4) is 11.1 Å². The van der Waals surface area contributed by atoms with E-state index in [4.69, 9.17) is 11.6 Å². The highest BCUT2D eigenvalue weighted by atomic mass is 35.5. The summed E-state index contributed by atoms with van der Waals surface area (Å²) in [5, 5.41) is 10.8. The van der Waals surface area contributed by atoms with Crippen LogP contribution in [0.2, 0.25) is 5.02 Å². The maximum absolute atomic E-state index is 13.8. The molecule has 4 heterocycles. The normalized spacial score (nSPS) is 18.3. The van der Waals surface area contributed by atoms with Gasteiger partial charge in [0, 0.05) is 45.6 Å². The number of hydrogen-bond acceptors (Lipinski definition) is 7. The van der Waals surface area contributed by atoms with Crippen molar-refractivity contribution in [1.29, 1.82) is 0 Å². The summed E-state index contributed by atoms with van der Waals surface area (Å²) in [6.45, 7) is 1.37. The molecule has 2 aliphatic heterocycles. The summed E-state index contributed by atoms with van der Waals surface area (Å²) in [4.78, 5) is 24.7. The average Bonchev–Trinajstić information content (AvgIpc) is 3.41. The number of aromatic nitrogens is 3. The van der Waals surface area contributed by atoms with E-state index in [1.165, 1.54) is 6.20 Å². The fraction of sp³-hybridized carbons (Fsp3) is 0.387. The number of alkyl halides is 3. The minimum atomic E-state index is -4.64. The lowest BCUT2D eigenvalue weighted by Gasteiger charge is -2.24. The summed E-state index contributed by atoms with van der Waals surface area (Å²) in [5.41, 5.74) is 2.32. The minimum absolute atomic E-state index is 0.00366. The number of nitrogens with zero attached hydrogens (tertiary/aromatic N) is 4. The molecule has 226 valence electrons. The molecule has 0 amide bonds. The van der Waals surface area contributed by atoms with Crippen molar-refractivity contribution in [2.24, 2.45) is 0 Å². The highest BCUT2D eigenvalue weighted by Crippen LogP contribution is 2.38. The van der Waals surface area contributed by atoms with Crippen LogP contribution in [0.1, 0.15) is 37.3 Å². The molecule has 2 aromatic heterocycles. The zero-order valence-corrected chi connectivity index (χ0v) is 24.5. The van der Waals surface area contributed by atoms with Crippen molar-refractivity contribution in [2.45, 2.75) is 50.5 Å². The molecule has 2 saturated heterocycles.